The van der Waals surface area contributed by atoms with Crippen LogP contribution in [0.5, 0.6) is 0 Å². The maximum Gasteiger partial charge on any atom is -0.0149 e. The predicted molar refractivity (Wildman–Crippen MR) is 101 cm³/mol. The van der Waals surface area contributed by atoms with E-state index in [4.69, 9.17) is 0 Å². The molecule has 0 heteroatoms. The van der Waals surface area contributed by atoms with Crippen molar-refractivity contribution in [3.05, 3.63) is 83.4 Å². The van der Waals surface area contributed by atoms with Crippen molar-refractivity contribution in [3.8, 4) is 22.3 Å². The zero-order valence-corrected chi connectivity index (χ0v) is 14.3. The lowest BCUT2D eigenvalue weighted by Gasteiger charge is -2.15. The zero-order valence-electron chi connectivity index (χ0n) is 14.3. The summed E-state index contributed by atoms with van der Waals surface area (Å²) in [6, 6.07) is 24.4. The highest BCUT2D eigenvalue weighted by molar-refractivity contribution is 5.76. The van der Waals surface area contributed by atoms with Crippen molar-refractivity contribution in [2.75, 3.05) is 0 Å². The lowest BCUT2D eigenvalue weighted by atomic mass is 9.90. The van der Waals surface area contributed by atoms with E-state index >= 15 is 0 Å². The number of hydrogen-bond acceptors (Lipinski definition) is 0. The molecule has 116 valence electrons. The van der Waals surface area contributed by atoms with Gasteiger partial charge >= 0.3 is 0 Å². The van der Waals surface area contributed by atoms with Crippen LogP contribution in [0.2, 0.25) is 0 Å². The van der Waals surface area contributed by atoms with Gasteiger partial charge < -0.3 is 0 Å². The summed E-state index contributed by atoms with van der Waals surface area (Å²) in [6.45, 7) is 6.65. The Morgan fingerprint density at radius 3 is 1.87 bits per heavy atom. The Kier molecular flexibility index (Phi) is 4.62. The van der Waals surface area contributed by atoms with Crippen LogP contribution in [-0.2, 0) is 12.8 Å². The Morgan fingerprint density at radius 1 is 0.609 bits per heavy atom. The molecule has 0 fully saturated rings. The highest BCUT2D eigenvalue weighted by atomic mass is 14.1. The van der Waals surface area contributed by atoms with E-state index in [2.05, 4.69) is 87.5 Å². The Morgan fingerprint density at radius 2 is 1.22 bits per heavy atom. The smallest absolute Gasteiger partial charge is 0.0149 e. The van der Waals surface area contributed by atoms with Crippen LogP contribution in [0.25, 0.3) is 22.3 Å². The van der Waals surface area contributed by atoms with Gasteiger partial charge in [-0.05, 0) is 53.1 Å². The first-order valence-electron chi connectivity index (χ1n) is 8.51. The van der Waals surface area contributed by atoms with Gasteiger partial charge in [-0.3, -0.25) is 0 Å². The van der Waals surface area contributed by atoms with E-state index in [9.17, 15) is 0 Å². The molecular formula is C23H24. The molecule has 0 unspecified atom stereocenters. The highest BCUT2D eigenvalue weighted by Crippen LogP contribution is 2.32. The standard InChI is InChI=1S/C23H24/c1-4-18-15-17(3)11-13-22(18)23-14-12-21(16-19(23)5-2)20-9-7-6-8-10-20/h6-16H,4-5H2,1-3H3. The average Bonchev–Trinajstić information content (AvgIpc) is 2.62. The Labute approximate surface area is 139 Å². The van der Waals surface area contributed by atoms with Crippen molar-refractivity contribution in [2.24, 2.45) is 0 Å². The molecule has 3 aromatic carbocycles. The number of hydrogen-bond donors (Lipinski definition) is 0. The van der Waals surface area contributed by atoms with Gasteiger partial charge in [0.15, 0.2) is 0 Å². The number of benzene rings is 3. The summed E-state index contributed by atoms with van der Waals surface area (Å²) in [5, 5.41) is 0. The van der Waals surface area contributed by atoms with Gasteiger partial charge in [-0.15, -0.1) is 0 Å². The normalized spacial score (nSPS) is 10.7. The van der Waals surface area contributed by atoms with Crippen LogP contribution >= 0.6 is 0 Å². The first-order chi connectivity index (χ1) is 11.2. The fourth-order valence-corrected chi connectivity index (χ4v) is 3.24. The monoisotopic (exact) mass is 300 g/mol. The molecule has 0 saturated heterocycles. The molecule has 0 nitrogen and oxygen atoms in total. The topological polar surface area (TPSA) is 0 Å². The summed E-state index contributed by atoms with van der Waals surface area (Å²) in [4.78, 5) is 0. The van der Waals surface area contributed by atoms with E-state index in [1.807, 2.05) is 0 Å². The summed E-state index contributed by atoms with van der Waals surface area (Å²) in [6.07, 6.45) is 2.12. The Balaban J connectivity index is 2.11. The molecule has 0 aliphatic heterocycles. The summed E-state index contributed by atoms with van der Waals surface area (Å²) >= 11 is 0. The molecular weight excluding hydrogens is 276 g/mol. The first-order valence-corrected chi connectivity index (χ1v) is 8.51. The van der Waals surface area contributed by atoms with E-state index in [-0.39, 0.29) is 0 Å². The summed E-state index contributed by atoms with van der Waals surface area (Å²) in [7, 11) is 0. The molecule has 0 heterocycles. The van der Waals surface area contributed by atoms with Crippen LogP contribution in [0.3, 0.4) is 0 Å². The van der Waals surface area contributed by atoms with Crippen LogP contribution in [-0.4, -0.2) is 0 Å². The van der Waals surface area contributed by atoms with Gasteiger partial charge in [0, 0.05) is 0 Å². The van der Waals surface area contributed by atoms with Crippen LogP contribution in [0.4, 0.5) is 0 Å². The minimum absolute atomic E-state index is 1.05. The quantitative estimate of drug-likeness (QED) is 0.519. The lowest BCUT2D eigenvalue weighted by molar-refractivity contribution is 1.11. The van der Waals surface area contributed by atoms with Gasteiger partial charge in [0.25, 0.3) is 0 Å². The van der Waals surface area contributed by atoms with Crippen LogP contribution < -0.4 is 0 Å². The molecule has 0 aliphatic carbocycles. The molecule has 0 N–H and O–H groups in total. The van der Waals surface area contributed by atoms with E-state index in [0.717, 1.165) is 12.8 Å². The third kappa shape index (κ3) is 3.22. The van der Waals surface area contributed by atoms with Gasteiger partial charge in [-0.25, -0.2) is 0 Å². The fourth-order valence-electron chi connectivity index (χ4n) is 3.24. The molecule has 0 spiro atoms. The second kappa shape index (κ2) is 6.83. The maximum absolute atomic E-state index is 2.35. The fraction of sp³-hybridized carbons (Fsp3) is 0.217. The summed E-state index contributed by atoms with van der Waals surface area (Å²) < 4.78 is 0. The third-order valence-electron chi connectivity index (χ3n) is 4.53. The van der Waals surface area contributed by atoms with E-state index < -0.39 is 0 Å². The molecule has 3 rings (SSSR count). The van der Waals surface area contributed by atoms with E-state index in [1.165, 1.54) is 38.9 Å². The van der Waals surface area contributed by atoms with Gasteiger partial charge in [0.05, 0.1) is 0 Å². The van der Waals surface area contributed by atoms with E-state index in [1.54, 1.807) is 0 Å². The minimum Gasteiger partial charge on any atom is -0.0622 e. The Bertz CT molecular complexity index is 798. The molecule has 23 heavy (non-hydrogen) atoms. The van der Waals surface area contributed by atoms with Crippen molar-refractivity contribution in [1.29, 1.82) is 0 Å². The molecule has 0 amide bonds. The van der Waals surface area contributed by atoms with Gasteiger partial charge in [0.2, 0.25) is 0 Å². The predicted octanol–water partition coefficient (Wildman–Crippen LogP) is 6.45. The van der Waals surface area contributed by atoms with Crippen LogP contribution in [0.1, 0.15) is 30.5 Å². The zero-order chi connectivity index (χ0) is 16.2. The van der Waals surface area contributed by atoms with Crippen molar-refractivity contribution in [2.45, 2.75) is 33.6 Å². The van der Waals surface area contributed by atoms with Gasteiger partial charge in [-0.1, -0.05) is 86.1 Å². The van der Waals surface area contributed by atoms with Crippen molar-refractivity contribution < 1.29 is 0 Å². The Hall–Kier alpha value is -2.34. The summed E-state index contributed by atoms with van der Waals surface area (Å²) in [5.74, 6) is 0. The van der Waals surface area contributed by atoms with Crippen LogP contribution in [0.15, 0.2) is 66.7 Å². The highest BCUT2D eigenvalue weighted by Gasteiger charge is 2.10. The maximum atomic E-state index is 2.35. The SMILES string of the molecule is CCc1cc(C)ccc1-c1ccc(-c2ccccc2)cc1CC. The molecule has 0 bridgehead atoms. The van der Waals surface area contributed by atoms with Gasteiger partial charge in [-0.2, -0.15) is 0 Å². The molecule has 0 atom stereocenters. The lowest BCUT2D eigenvalue weighted by Crippen LogP contribution is -1.94. The van der Waals surface area contributed by atoms with Crippen molar-refractivity contribution in [1.82, 2.24) is 0 Å². The number of rotatable bonds is 4. The van der Waals surface area contributed by atoms with Crippen molar-refractivity contribution >= 4 is 0 Å². The molecule has 0 aromatic heterocycles. The van der Waals surface area contributed by atoms with Crippen LogP contribution in [0, 0.1) is 6.92 Å². The first kappa shape index (κ1) is 15.6. The molecule has 0 saturated carbocycles. The average molecular weight is 300 g/mol. The molecule has 0 radical (unpaired) electrons. The number of aryl methyl sites for hydroxylation is 3. The minimum atomic E-state index is 1.05. The second-order valence-electron chi connectivity index (χ2n) is 6.11. The van der Waals surface area contributed by atoms with Crippen molar-refractivity contribution in [3.63, 3.8) is 0 Å². The largest absolute Gasteiger partial charge is 0.0622 e. The summed E-state index contributed by atoms with van der Waals surface area (Å²) in [5.41, 5.74) is 9.55. The van der Waals surface area contributed by atoms with Gasteiger partial charge in [0.1, 0.15) is 0 Å². The third-order valence-corrected chi connectivity index (χ3v) is 4.53. The molecule has 3 aromatic rings. The van der Waals surface area contributed by atoms with E-state index in [0.29, 0.717) is 0 Å². The molecule has 0 aliphatic rings. The second-order valence-corrected chi connectivity index (χ2v) is 6.11.